The van der Waals surface area contributed by atoms with Gasteiger partial charge in [-0.2, -0.15) is 0 Å². The van der Waals surface area contributed by atoms with Crippen LogP contribution in [0.4, 0.5) is 0 Å². The molecule has 2 aromatic carbocycles. The standard InChI is InChI=1S/C13H16O5.C9H10O4.C4H8O2.C4H8O/c1-15-12-7-9(13(14)16-2)3-4-11(12)18-10-5-6-17-8-10;1-12-8-5-6(9(11)13-2)3-4-7(8)10;5-4-1-2-6-3-4;1-2-4-5-3-1/h3-4,7,10H,5-6,8H2,1-2H3;3-5,10H,1-2H3;4-5H,1-3H2;1-4H2/t10-;;4-;/m1.0./s1. The number of esters is 2. The van der Waals surface area contributed by atoms with Gasteiger partial charge in [-0.1, -0.05) is 0 Å². The summed E-state index contributed by atoms with van der Waals surface area (Å²) in [6.45, 7) is 4.58. The Morgan fingerprint density at radius 1 is 0.714 bits per heavy atom. The molecule has 12 nitrogen and oxygen atoms in total. The molecule has 0 aromatic heterocycles. The van der Waals surface area contributed by atoms with Crippen molar-refractivity contribution in [3.63, 3.8) is 0 Å². The van der Waals surface area contributed by atoms with Crippen LogP contribution >= 0.6 is 0 Å². The first-order chi connectivity index (χ1) is 20.3. The number of ether oxygens (including phenoxy) is 8. The molecule has 234 valence electrons. The molecule has 0 amide bonds. The highest BCUT2D eigenvalue weighted by molar-refractivity contribution is 5.90. The Kier molecular flexibility index (Phi) is 16.1. The van der Waals surface area contributed by atoms with Gasteiger partial charge in [0.05, 0.1) is 65.5 Å². The Hall–Kier alpha value is -3.58. The molecule has 3 aliphatic heterocycles. The van der Waals surface area contributed by atoms with Crippen LogP contribution in [0.2, 0.25) is 0 Å². The predicted octanol–water partition coefficient (Wildman–Crippen LogP) is 3.40. The minimum Gasteiger partial charge on any atom is -0.504 e. The molecule has 2 atom stereocenters. The molecule has 3 saturated heterocycles. The fourth-order valence-corrected chi connectivity index (χ4v) is 3.75. The number of carbonyl (C=O) groups is 2. The van der Waals surface area contributed by atoms with Crippen molar-refractivity contribution in [1.29, 1.82) is 0 Å². The Bertz CT molecular complexity index is 1070. The second-order valence-corrected chi connectivity index (χ2v) is 9.18. The van der Waals surface area contributed by atoms with Crippen LogP contribution in [0.15, 0.2) is 36.4 Å². The predicted molar refractivity (Wildman–Crippen MR) is 152 cm³/mol. The first-order valence-electron chi connectivity index (χ1n) is 13.6. The van der Waals surface area contributed by atoms with Crippen molar-refractivity contribution in [2.45, 2.75) is 37.9 Å². The van der Waals surface area contributed by atoms with E-state index in [0.717, 1.165) is 32.7 Å². The molecule has 42 heavy (non-hydrogen) atoms. The van der Waals surface area contributed by atoms with Crippen molar-refractivity contribution in [3.05, 3.63) is 47.5 Å². The molecule has 0 aliphatic carbocycles. The van der Waals surface area contributed by atoms with Crippen LogP contribution in [-0.4, -0.2) is 102 Å². The Morgan fingerprint density at radius 3 is 1.71 bits per heavy atom. The first-order valence-corrected chi connectivity index (χ1v) is 13.6. The normalized spacial score (nSPS) is 18.6. The van der Waals surface area contributed by atoms with Crippen LogP contribution in [0.5, 0.6) is 23.0 Å². The maximum atomic E-state index is 11.4. The SMILES string of the molecule is C1CCOC1.COC(=O)c1ccc(O)c(OC)c1.COC(=O)c1ccc(O[C@@H]2CCOC2)c(OC)c1.O[C@H]1CCOC1. The summed E-state index contributed by atoms with van der Waals surface area (Å²) in [5.41, 5.74) is 0.779. The average Bonchev–Trinajstić information content (AvgIpc) is 3.84. The van der Waals surface area contributed by atoms with Crippen molar-refractivity contribution < 1.29 is 57.7 Å². The van der Waals surface area contributed by atoms with Crippen LogP contribution < -0.4 is 14.2 Å². The third kappa shape index (κ3) is 12.1. The molecule has 2 N–H and O–H groups in total. The Morgan fingerprint density at radius 2 is 1.29 bits per heavy atom. The van der Waals surface area contributed by atoms with Crippen molar-refractivity contribution in [3.8, 4) is 23.0 Å². The van der Waals surface area contributed by atoms with E-state index in [1.54, 1.807) is 18.2 Å². The molecule has 3 aliphatic rings. The number of hydrogen-bond acceptors (Lipinski definition) is 12. The van der Waals surface area contributed by atoms with E-state index in [1.165, 1.54) is 59.5 Å². The fourth-order valence-electron chi connectivity index (χ4n) is 3.75. The second kappa shape index (κ2) is 19.5. The topological polar surface area (TPSA) is 148 Å². The number of phenols is 1. The maximum Gasteiger partial charge on any atom is 0.337 e. The summed E-state index contributed by atoms with van der Waals surface area (Å²) in [6, 6.07) is 9.23. The monoisotopic (exact) mass is 594 g/mol. The number of aliphatic hydroxyl groups is 1. The molecule has 3 fully saturated rings. The van der Waals surface area contributed by atoms with E-state index in [1.807, 2.05) is 0 Å². The van der Waals surface area contributed by atoms with Crippen molar-refractivity contribution >= 4 is 11.9 Å². The summed E-state index contributed by atoms with van der Waals surface area (Å²) in [5.74, 6) is 0.519. The summed E-state index contributed by atoms with van der Waals surface area (Å²) in [6.07, 6.45) is 4.11. The lowest BCUT2D eigenvalue weighted by atomic mass is 10.2. The number of carbonyl (C=O) groups excluding carboxylic acids is 2. The van der Waals surface area contributed by atoms with Crippen LogP contribution in [-0.2, 0) is 23.7 Å². The molecule has 3 heterocycles. The fraction of sp³-hybridized carbons (Fsp3) is 0.533. The number of aliphatic hydroxyl groups excluding tert-OH is 1. The molecule has 0 radical (unpaired) electrons. The second-order valence-electron chi connectivity index (χ2n) is 9.18. The Balaban J connectivity index is 0.000000221. The van der Waals surface area contributed by atoms with Gasteiger partial charge in [-0.3, -0.25) is 0 Å². The molecule has 12 heteroatoms. The summed E-state index contributed by atoms with van der Waals surface area (Å²) < 4.78 is 40.0. The summed E-state index contributed by atoms with van der Waals surface area (Å²) in [5, 5.41) is 17.8. The highest BCUT2D eigenvalue weighted by Crippen LogP contribution is 2.30. The largest absolute Gasteiger partial charge is 0.504 e. The Labute approximate surface area is 246 Å². The number of methoxy groups -OCH3 is 4. The zero-order valence-electron chi connectivity index (χ0n) is 24.7. The zero-order chi connectivity index (χ0) is 30.7. The van der Waals surface area contributed by atoms with Gasteiger partial charge in [-0.25, -0.2) is 9.59 Å². The van der Waals surface area contributed by atoms with E-state index < -0.39 is 11.9 Å². The zero-order valence-corrected chi connectivity index (χ0v) is 24.7. The molecule has 5 rings (SSSR count). The van der Waals surface area contributed by atoms with Gasteiger partial charge >= 0.3 is 11.9 Å². The van der Waals surface area contributed by atoms with Crippen LogP contribution in [0.3, 0.4) is 0 Å². The number of hydrogen-bond donors (Lipinski definition) is 2. The number of rotatable bonds is 6. The highest BCUT2D eigenvalue weighted by atomic mass is 16.6. The highest BCUT2D eigenvalue weighted by Gasteiger charge is 2.20. The van der Waals surface area contributed by atoms with E-state index in [2.05, 4.69) is 9.47 Å². The summed E-state index contributed by atoms with van der Waals surface area (Å²) in [7, 11) is 5.58. The van der Waals surface area contributed by atoms with Gasteiger partial charge < -0.3 is 48.1 Å². The van der Waals surface area contributed by atoms with Gasteiger partial charge in [0.15, 0.2) is 23.0 Å². The third-order valence-electron chi connectivity index (χ3n) is 6.10. The number of phenolic OH excluding ortho intramolecular Hbond substituents is 1. The van der Waals surface area contributed by atoms with Crippen molar-refractivity contribution in [2.75, 3.05) is 68.1 Å². The molecule has 0 saturated carbocycles. The summed E-state index contributed by atoms with van der Waals surface area (Å²) in [4.78, 5) is 22.4. The van der Waals surface area contributed by atoms with Gasteiger partial charge in [0.1, 0.15) is 6.10 Å². The van der Waals surface area contributed by atoms with Crippen LogP contribution in [0.25, 0.3) is 0 Å². The van der Waals surface area contributed by atoms with Gasteiger partial charge in [0, 0.05) is 26.2 Å². The van der Waals surface area contributed by atoms with Gasteiger partial charge in [0.25, 0.3) is 0 Å². The van der Waals surface area contributed by atoms with E-state index in [9.17, 15) is 14.7 Å². The maximum absolute atomic E-state index is 11.4. The average molecular weight is 595 g/mol. The van der Waals surface area contributed by atoms with E-state index in [-0.39, 0.29) is 23.7 Å². The van der Waals surface area contributed by atoms with E-state index in [0.29, 0.717) is 42.4 Å². The first kappa shape index (κ1) is 34.6. The third-order valence-corrected chi connectivity index (χ3v) is 6.10. The molecular weight excluding hydrogens is 552 g/mol. The van der Waals surface area contributed by atoms with Gasteiger partial charge in [-0.15, -0.1) is 0 Å². The van der Waals surface area contributed by atoms with Crippen molar-refractivity contribution in [2.24, 2.45) is 0 Å². The van der Waals surface area contributed by atoms with E-state index in [4.69, 9.17) is 33.5 Å². The summed E-state index contributed by atoms with van der Waals surface area (Å²) >= 11 is 0. The molecular formula is C30H42O12. The van der Waals surface area contributed by atoms with Crippen LogP contribution in [0, 0.1) is 0 Å². The molecule has 0 spiro atoms. The van der Waals surface area contributed by atoms with Crippen molar-refractivity contribution in [1.82, 2.24) is 0 Å². The number of aromatic hydroxyl groups is 1. The van der Waals surface area contributed by atoms with Gasteiger partial charge in [-0.05, 0) is 55.7 Å². The molecule has 0 bridgehead atoms. The number of benzene rings is 2. The lowest BCUT2D eigenvalue weighted by Crippen LogP contribution is -2.16. The molecule has 2 aromatic rings. The lowest BCUT2D eigenvalue weighted by Gasteiger charge is -2.15. The lowest BCUT2D eigenvalue weighted by molar-refractivity contribution is 0.0591. The van der Waals surface area contributed by atoms with Gasteiger partial charge in [0.2, 0.25) is 0 Å². The minimum absolute atomic E-state index is 0.00449. The molecule has 0 unspecified atom stereocenters. The smallest absolute Gasteiger partial charge is 0.337 e. The van der Waals surface area contributed by atoms with E-state index >= 15 is 0 Å². The van der Waals surface area contributed by atoms with Crippen LogP contribution in [0.1, 0.15) is 46.4 Å². The minimum atomic E-state index is -0.460. The quantitative estimate of drug-likeness (QED) is 0.472.